The summed E-state index contributed by atoms with van der Waals surface area (Å²) in [5.74, 6) is -0.0877. The van der Waals surface area contributed by atoms with Crippen molar-refractivity contribution < 1.29 is 24.5 Å². The lowest BCUT2D eigenvalue weighted by molar-refractivity contribution is -0.276. The first-order valence-corrected chi connectivity index (χ1v) is 17.3. The van der Waals surface area contributed by atoms with E-state index in [0.29, 0.717) is 18.7 Å². The average molecular weight is 671 g/mol. The molecule has 6 atom stereocenters. The molecule has 3 N–H and O–H groups in total. The molecule has 0 radical (unpaired) electrons. The van der Waals surface area contributed by atoms with Gasteiger partial charge in [0.15, 0.2) is 6.29 Å². The zero-order chi connectivity index (χ0) is 35.0. The number of nitrogens with one attached hydrogen (secondary N) is 1. The van der Waals surface area contributed by atoms with Crippen LogP contribution in [0.2, 0.25) is 0 Å². The molecule has 1 amide bonds. The molecule has 50 heavy (non-hydrogen) atoms. The SMILES string of the molecule is C[C@H]1[C@@H](CN(C)[C@H](C)[C@@H](O)c2ccccc2)O[C@@H](c2ccc(-c3cccc(CNC(=O)c4ccccc4)c3)cc2)O[C@H]1c1ccc(CO)cc1. The van der Waals surface area contributed by atoms with Crippen molar-refractivity contribution in [2.24, 2.45) is 5.92 Å². The summed E-state index contributed by atoms with van der Waals surface area (Å²) in [6.45, 7) is 5.20. The van der Waals surface area contributed by atoms with Crippen molar-refractivity contribution in [3.8, 4) is 11.1 Å². The van der Waals surface area contributed by atoms with Gasteiger partial charge in [0, 0.05) is 36.2 Å². The van der Waals surface area contributed by atoms with Crippen molar-refractivity contribution in [1.29, 1.82) is 0 Å². The number of ether oxygens (including phenoxy) is 2. The van der Waals surface area contributed by atoms with Crippen LogP contribution < -0.4 is 5.32 Å². The highest BCUT2D eigenvalue weighted by Crippen LogP contribution is 2.42. The van der Waals surface area contributed by atoms with Gasteiger partial charge in [0.25, 0.3) is 5.91 Å². The monoisotopic (exact) mass is 670 g/mol. The van der Waals surface area contributed by atoms with Crippen molar-refractivity contribution in [2.75, 3.05) is 13.6 Å². The fourth-order valence-corrected chi connectivity index (χ4v) is 6.52. The Morgan fingerprint density at radius 3 is 2.12 bits per heavy atom. The molecule has 0 aromatic heterocycles. The zero-order valence-corrected chi connectivity index (χ0v) is 28.9. The fourth-order valence-electron chi connectivity index (χ4n) is 6.52. The van der Waals surface area contributed by atoms with Crippen LogP contribution >= 0.6 is 0 Å². The molecular formula is C43H46N2O5. The Balaban J connectivity index is 1.19. The summed E-state index contributed by atoms with van der Waals surface area (Å²) >= 11 is 0. The van der Waals surface area contributed by atoms with E-state index in [2.05, 4.69) is 41.4 Å². The van der Waals surface area contributed by atoms with Gasteiger partial charge in [-0.05, 0) is 65.6 Å². The fraction of sp³-hybridized carbons (Fsp3) is 0.279. The molecule has 0 bridgehead atoms. The van der Waals surface area contributed by atoms with Gasteiger partial charge in [-0.15, -0.1) is 0 Å². The molecule has 1 saturated heterocycles. The smallest absolute Gasteiger partial charge is 0.251 e. The van der Waals surface area contributed by atoms with Crippen molar-refractivity contribution in [3.63, 3.8) is 0 Å². The maximum Gasteiger partial charge on any atom is 0.251 e. The third-order valence-corrected chi connectivity index (χ3v) is 9.82. The van der Waals surface area contributed by atoms with Crippen LogP contribution in [-0.4, -0.2) is 46.8 Å². The number of rotatable bonds is 12. The Hall–Kier alpha value is -4.63. The molecule has 1 fully saturated rings. The molecule has 1 aliphatic rings. The molecule has 5 aromatic carbocycles. The summed E-state index contributed by atoms with van der Waals surface area (Å²) in [6.07, 6.45) is -1.67. The molecule has 1 heterocycles. The second kappa shape index (κ2) is 16.4. The second-order valence-corrected chi connectivity index (χ2v) is 13.2. The molecule has 5 aromatic rings. The van der Waals surface area contributed by atoms with E-state index in [4.69, 9.17) is 9.47 Å². The molecular weight excluding hydrogens is 624 g/mol. The molecule has 258 valence electrons. The number of carbonyl (C=O) groups is 1. The quantitative estimate of drug-likeness (QED) is 0.127. The molecule has 0 saturated carbocycles. The van der Waals surface area contributed by atoms with E-state index in [0.717, 1.165) is 38.9 Å². The van der Waals surface area contributed by atoms with Crippen molar-refractivity contribution >= 4 is 5.91 Å². The highest BCUT2D eigenvalue weighted by Gasteiger charge is 2.39. The van der Waals surface area contributed by atoms with Crippen LogP contribution in [-0.2, 0) is 22.6 Å². The number of benzene rings is 5. The Morgan fingerprint density at radius 1 is 0.780 bits per heavy atom. The van der Waals surface area contributed by atoms with Crippen LogP contribution in [0.3, 0.4) is 0 Å². The lowest BCUT2D eigenvalue weighted by Crippen LogP contribution is -2.46. The standard InChI is InChI=1S/C43H46N2O5/c1-29-39(27-45(3)30(2)40(47)34-12-6-4-7-13-34)49-43(50-41(29)35-19-17-31(28-46)18-20-35)37-23-21-33(22-24-37)38-16-10-11-32(25-38)26-44-42(48)36-14-8-5-9-15-36/h4-25,29-30,39-41,43,46-47H,26-28H2,1-3H3,(H,44,48)/t29-,30+,39+,40+,41+,43+/m0/s1. The van der Waals surface area contributed by atoms with Gasteiger partial charge in [0.2, 0.25) is 0 Å². The van der Waals surface area contributed by atoms with Crippen LogP contribution in [0.25, 0.3) is 11.1 Å². The van der Waals surface area contributed by atoms with Gasteiger partial charge in [-0.2, -0.15) is 0 Å². The van der Waals surface area contributed by atoms with Gasteiger partial charge < -0.3 is 25.0 Å². The van der Waals surface area contributed by atoms with Crippen LogP contribution in [0.15, 0.2) is 133 Å². The van der Waals surface area contributed by atoms with Crippen LogP contribution in [0.1, 0.15) is 70.5 Å². The minimum absolute atomic E-state index is 0.0131. The Labute approximate surface area is 295 Å². The summed E-state index contributed by atoms with van der Waals surface area (Å²) in [5, 5.41) is 23.8. The number of hydrogen-bond acceptors (Lipinski definition) is 6. The number of aliphatic hydroxyl groups excluding tert-OH is 2. The average Bonchev–Trinajstić information content (AvgIpc) is 3.18. The largest absolute Gasteiger partial charge is 0.392 e. The summed E-state index contributed by atoms with van der Waals surface area (Å²) < 4.78 is 13.4. The van der Waals surface area contributed by atoms with Gasteiger partial charge >= 0.3 is 0 Å². The van der Waals surface area contributed by atoms with Gasteiger partial charge in [-0.3, -0.25) is 9.69 Å². The Bertz CT molecular complexity index is 1810. The van der Waals surface area contributed by atoms with Crippen molar-refractivity contribution in [3.05, 3.63) is 167 Å². The van der Waals surface area contributed by atoms with Gasteiger partial charge in [0.1, 0.15) is 0 Å². The minimum Gasteiger partial charge on any atom is -0.392 e. The summed E-state index contributed by atoms with van der Waals surface area (Å²) in [6, 6.07) is 43.2. The highest BCUT2D eigenvalue weighted by atomic mass is 16.7. The lowest BCUT2D eigenvalue weighted by atomic mass is 9.89. The maximum absolute atomic E-state index is 12.6. The Morgan fingerprint density at radius 2 is 1.44 bits per heavy atom. The molecule has 1 aliphatic heterocycles. The van der Waals surface area contributed by atoms with Gasteiger partial charge in [-0.25, -0.2) is 0 Å². The number of nitrogens with zero attached hydrogens (tertiary/aromatic N) is 1. The van der Waals surface area contributed by atoms with E-state index in [1.807, 2.05) is 111 Å². The van der Waals surface area contributed by atoms with E-state index in [-0.39, 0.29) is 36.7 Å². The highest BCUT2D eigenvalue weighted by molar-refractivity contribution is 5.94. The van der Waals surface area contributed by atoms with Crippen LogP contribution in [0.5, 0.6) is 0 Å². The molecule has 0 unspecified atom stereocenters. The third-order valence-electron chi connectivity index (χ3n) is 9.82. The number of amides is 1. The first kappa shape index (κ1) is 35.2. The molecule has 0 aliphatic carbocycles. The predicted molar refractivity (Wildman–Crippen MR) is 196 cm³/mol. The Kier molecular flexibility index (Phi) is 11.5. The normalized spacial score (nSPS) is 20.3. The zero-order valence-electron chi connectivity index (χ0n) is 28.9. The van der Waals surface area contributed by atoms with E-state index in [1.54, 1.807) is 12.1 Å². The summed E-state index contributed by atoms with van der Waals surface area (Å²) in [4.78, 5) is 14.7. The molecule has 7 nitrogen and oxygen atoms in total. The van der Waals surface area contributed by atoms with Crippen LogP contribution in [0, 0.1) is 5.92 Å². The topological polar surface area (TPSA) is 91.3 Å². The second-order valence-electron chi connectivity index (χ2n) is 13.2. The number of likely N-dealkylation sites (N-methyl/N-ethyl adjacent to an activating group) is 1. The number of aliphatic hydroxyl groups is 2. The third kappa shape index (κ3) is 8.38. The van der Waals surface area contributed by atoms with Crippen molar-refractivity contribution in [2.45, 2.75) is 57.6 Å². The number of carbonyl (C=O) groups excluding carboxylic acids is 1. The summed E-state index contributed by atoms with van der Waals surface area (Å²) in [7, 11) is 2.03. The van der Waals surface area contributed by atoms with E-state index < -0.39 is 12.4 Å². The van der Waals surface area contributed by atoms with E-state index in [1.165, 1.54) is 0 Å². The first-order chi connectivity index (χ1) is 24.3. The first-order valence-electron chi connectivity index (χ1n) is 17.3. The molecule has 7 heteroatoms. The van der Waals surface area contributed by atoms with E-state index >= 15 is 0 Å². The van der Waals surface area contributed by atoms with Gasteiger partial charge in [-0.1, -0.05) is 122 Å². The van der Waals surface area contributed by atoms with E-state index in [9.17, 15) is 15.0 Å². The predicted octanol–water partition coefficient (Wildman–Crippen LogP) is 7.62. The molecule has 0 spiro atoms. The van der Waals surface area contributed by atoms with Crippen molar-refractivity contribution in [1.82, 2.24) is 10.2 Å². The number of hydrogen-bond donors (Lipinski definition) is 3. The van der Waals surface area contributed by atoms with Gasteiger partial charge in [0.05, 0.1) is 24.9 Å². The minimum atomic E-state index is -0.639. The summed E-state index contributed by atoms with van der Waals surface area (Å²) in [5.41, 5.74) is 7.42. The van der Waals surface area contributed by atoms with Crippen LogP contribution in [0.4, 0.5) is 0 Å². The lowest BCUT2D eigenvalue weighted by Gasteiger charge is -2.43. The maximum atomic E-state index is 12.6. The molecule has 6 rings (SSSR count).